The molecular weight excluding hydrogens is 319 g/mol. The van der Waals surface area contributed by atoms with Crippen LogP contribution in [0.25, 0.3) is 0 Å². The Morgan fingerprint density at radius 2 is 1.95 bits per heavy atom. The van der Waals surface area contributed by atoms with Crippen LogP contribution in [0.5, 0.6) is 11.6 Å². The van der Waals surface area contributed by atoms with Gasteiger partial charge in [0.05, 0.1) is 15.0 Å². The van der Waals surface area contributed by atoms with Gasteiger partial charge in [0.1, 0.15) is 12.1 Å². The number of halogens is 2. The topological polar surface area (TPSA) is 90.2 Å². The quantitative estimate of drug-likeness (QED) is 0.660. The van der Waals surface area contributed by atoms with E-state index in [9.17, 15) is 10.1 Å². The van der Waals surface area contributed by atoms with Gasteiger partial charge < -0.3 is 10.1 Å². The van der Waals surface area contributed by atoms with Gasteiger partial charge in [0, 0.05) is 24.7 Å². The van der Waals surface area contributed by atoms with Gasteiger partial charge in [0.25, 0.3) is 5.69 Å². The molecule has 0 saturated carbocycles. The van der Waals surface area contributed by atoms with Crippen molar-refractivity contribution in [2.24, 2.45) is 0 Å². The van der Waals surface area contributed by atoms with E-state index in [1.807, 2.05) is 6.92 Å². The Balaban J connectivity index is 2.31. The van der Waals surface area contributed by atoms with Crippen LogP contribution in [0, 0.1) is 10.1 Å². The number of nitro benzene ring substituents is 1. The zero-order valence-corrected chi connectivity index (χ0v) is 12.4. The average molecular weight is 329 g/mol. The van der Waals surface area contributed by atoms with E-state index in [0.717, 1.165) is 12.1 Å². The third-order valence-electron chi connectivity index (χ3n) is 2.40. The van der Waals surface area contributed by atoms with Crippen molar-refractivity contribution in [1.29, 1.82) is 0 Å². The first-order valence-electron chi connectivity index (χ1n) is 5.88. The largest absolute Gasteiger partial charge is 0.436 e. The van der Waals surface area contributed by atoms with Gasteiger partial charge in [0.2, 0.25) is 5.88 Å². The molecule has 0 radical (unpaired) electrons. The van der Waals surface area contributed by atoms with Crippen LogP contribution >= 0.6 is 23.2 Å². The van der Waals surface area contributed by atoms with E-state index in [-0.39, 0.29) is 27.4 Å². The number of anilines is 1. The molecule has 21 heavy (non-hydrogen) atoms. The van der Waals surface area contributed by atoms with Gasteiger partial charge >= 0.3 is 0 Å². The molecule has 110 valence electrons. The van der Waals surface area contributed by atoms with Gasteiger partial charge in [-0.3, -0.25) is 10.1 Å². The van der Waals surface area contributed by atoms with E-state index in [4.69, 9.17) is 27.9 Å². The Labute approximate surface area is 130 Å². The van der Waals surface area contributed by atoms with Crippen molar-refractivity contribution >= 4 is 34.7 Å². The normalized spacial score (nSPS) is 10.2. The van der Waals surface area contributed by atoms with Crippen molar-refractivity contribution in [1.82, 2.24) is 9.97 Å². The number of nitrogens with one attached hydrogen (secondary N) is 1. The molecule has 0 unspecified atom stereocenters. The van der Waals surface area contributed by atoms with E-state index in [0.29, 0.717) is 12.4 Å². The smallest absolute Gasteiger partial charge is 0.272 e. The molecule has 0 aliphatic carbocycles. The average Bonchev–Trinajstić information content (AvgIpc) is 2.43. The minimum absolute atomic E-state index is 0.0258. The number of aromatic nitrogens is 2. The molecule has 2 rings (SSSR count). The number of benzene rings is 1. The molecule has 0 spiro atoms. The zero-order chi connectivity index (χ0) is 15.4. The summed E-state index contributed by atoms with van der Waals surface area (Å²) >= 11 is 11.9. The summed E-state index contributed by atoms with van der Waals surface area (Å²) in [7, 11) is 0. The van der Waals surface area contributed by atoms with Gasteiger partial charge in [-0.15, -0.1) is 0 Å². The summed E-state index contributed by atoms with van der Waals surface area (Å²) in [6, 6.07) is 3.89. The fraction of sp³-hybridized carbons (Fsp3) is 0.167. The highest BCUT2D eigenvalue weighted by atomic mass is 35.5. The fourth-order valence-corrected chi connectivity index (χ4v) is 2.08. The first kappa shape index (κ1) is 15.3. The summed E-state index contributed by atoms with van der Waals surface area (Å²) in [6.07, 6.45) is 1.32. The van der Waals surface area contributed by atoms with Crippen molar-refractivity contribution in [2.45, 2.75) is 6.92 Å². The summed E-state index contributed by atoms with van der Waals surface area (Å²) in [5.74, 6) is 0.903. The van der Waals surface area contributed by atoms with Crippen molar-refractivity contribution in [3.63, 3.8) is 0 Å². The van der Waals surface area contributed by atoms with Gasteiger partial charge in [-0.05, 0) is 6.92 Å². The highest BCUT2D eigenvalue weighted by Gasteiger charge is 2.17. The van der Waals surface area contributed by atoms with Crippen LogP contribution in [0.15, 0.2) is 24.5 Å². The number of rotatable bonds is 5. The van der Waals surface area contributed by atoms with Gasteiger partial charge in [0.15, 0.2) is 5.75 Å². The number of hydrogen-bond donors (Lipinski definition) is 1. The molecule has 1 aromatic heterocycles. The molecule has 0 atom stereocenters. The molecule has 0 saturated heterocycles. The van der Waals surface area contributed by atoms with Crippen LogP contribution in [0.1, 0.15) is 6.92 Å². The molecule has 0 amide bonds. The second-order valence-electron chi connectivity index (χ2n) is 3.87. The molecule has 1 N–H and O–H groups in total. The lowest BCUT2D eigenvalue weighted by molar-refractivity contribution is -0.384. The van der Waals surface area contributed by atoms with Crippen molar-refractivity contribution in [2.75, 3.05) is 11.9 Å². The lowest BCUT2D eigenvalue weighted by Gasteiger charge is -2.09. The van der Waals surface area contributed by atoms with Crippen molar-refractivity contribution in [3.8, 4) is 11.6 Å². The number of hydrogen-bond acceptors (Lipinski definition) is 6. The third kappa shape index (κ3) is 3.71. The van der Waals surface area contributed by atoms with Crippen molar-refractivity contribution < 1.29 is 9.66 Å². The molecule has 0 aliphatic rings. The summed E-state index contributed by atoms with van der Waals surface area (Å²) in [5, 5.41) is 13.8. The summed E-state index contributed by atoms with van der Waals surface area (Å²) < 4.78 is 5.48. The predicted molar refractivity (Wildman–Crippen MR) is 79.4 cm³/mol. The molecule has 1 aromatic carbocycles. The highest BCUT2D eigenvalue weighted by molar-refractivity contribution is 6.37. The number of ether oxygens (including phenoxy) is 1. The van der Waals surface area contributed by atoms with E-state index < -0.39 is 4.92 Å². The van der Waals surface area contributed by atoms with Crippen LogP contribution in [0.4, 0.5) is 11.5 Å². The lowest BCUT2D eigenvalue weighted by Crippen LogP contribution is -2.00. The maximum atomic E-state index is 10.7. The molecular formula is C12H10Cl2N4O3. The van der Waals surface area contributed by atoms with Crippen LogP contribution in [0.3, 0.4) is 0 Å². The third-order valence-corrected chi connectivity index (χ3v) is 2.96. The molecule has 0 bridgehead atoms. The van der Waals surface area contributed by atoms with E-state index >= 15 is 0 Å². The zero-order valence-electron chi connectivity index (χ0n) is 10.8. The molecule has 1 heterocycles. The SMILES string of the molecule is CCNc1cc(Oc2c(Cl)cc([N+](=O)[O-])cc2Cl)ncn1. The Bertz CT molecular complexity index is 658. The molecule has 0 aliphatic heterocycles. The standard InChI is InChI=1S/C12H10Cl2N4O3/c1-2-15-10-5-11(17-6-16-10)21-12-8(13)3-7(18(19)20)4-9(12)14/h3-6H,2H2,1H3,(H,15,16,17). The molecule has 9 heteroatoms. The number of nitro groups is 1. The number of non-ortho nitro benzene ring substituents is 1. The Morgan fingerprint density at radius 1 is 1.29 bits per heavy atom. The Hall–Kier alpha value is -2.12. The second kappa shape index (κ2) is 6.55. The first-order chi connectivity index (χ1) is 10.0. The van der Waals surface area contributed by atoms with Crippen LogP contribution < -0.4 is 10.1 Å². The highest BCUT2D eigenvalue weighted by Crippen LogP contribution is 2.39. The predicted octanol–water partition coefficient (Wildman–Crippen LogP) is 3.92. The molecule has 7 nitrogen and oxygen atoms in total. The summed E-state index contributed by atoms with van der Waals surface area (Å²) in [4.78, 5) is 18.0. The van der Waals surface area contributed by atoms with Crippen molar-refractivity contribution in [3.05, 3.63) is 44.7 Å². The van der Waals surface area contributed by atoms with Gasteiger partial charge in [-0.25, -0.2) is 9.97 Å². The second-order valence-corrected chi connectivity index (χ2v) is 4.68. The minimum Gasteiger partial charge on any atom is -0.436 e. The van der Waals surface area contributed by atoms with Gasteiger partial charge in [-0.2, -0.15) is 0 Å². The van der Waals surface area contributed by atoms with Crippen LogP contribution in [0.2, 0.25) is 10.0 Å². The monoisotopic (exact) mass is 328 g/mol. The summed E-state index contributed by atoms with van der Waals surface area (Å²) in [5.41, 5.74) is -0.214. The minimum atomic E-state index is -0.588. The van der Waals surface area contributed by atoms with E-state index in [1.54, 1.807) is 6.07 Å². The lowest BCUT2D eigenvalue weighted by atomic mass is 10.3. The van der Waals surface area contributed by atoms with Crippen LogP contribution in [-0.2, 0) is 0 Å². The van der Waals surface area contributed by atoms with E-state index in [1.165, 1.54) is 6.33 Å². The summed E-state index contributed by atoms with van der Waals surface area (Å²) in [6.45, 7) is 2.61. The maximum Gasteiger partial charge on any atom is 0.272 e. The molecule has 0 fully saturated rings. The first-order valence-corrected chi connectivity index (χ1v) is 6.64. The van der Waals surface area contributed by atoms with Crippen LogP contribution in [-0.4, -0.2) is 21.4 Å². The van der Waals surface area contributed by atoms with Gasteiger partial charge in [-0.1, -0.05) is 23.2 Å². The maximum absolute atomic E-state index is 10.7. The van der Waals surface area contributed by atoms with E-state index in [2.05, 4.69) is 15.3 Å². The number of nitrogens with zero attached hydrogens (tertiary/aromatic N) is 3. The Kier molecular flexibility index (Phi) is 4.77. The fourth-order valence-electron chi connectivity index (χ4n) is 1.53. The molecule has 2 aromatic rings. The Morgan fingerprint density at radius 3 is 2.52 bits per heavy atom.